The van der Waals surface area contributed by atoms with E-state index in [4.69, 9.17) is 10.00 Å². The molecule has 1 N–H and O–H groups in total. The molecule has 86 valence electrons. The lowest BCUT2D eigenvalue weighted by molar-refractivity contribution is 0.409. The van der Waals surface area contributed by atoms with Crippen molar-refractivity contribution in [2.75, 3.05) is 20.2 Å². The van der Waals surface area contributed by atoms with Gasteiger partial charge in [-0.15, -0.1) is 0 Å². The zero-order valence-corrected chi connectivity index (χ0v) is 10.1. The highest BCUT2D eigenvalue weighted by atomic mass is 16.5. The van der Waals surface area contributed by atoms with Crippen LogP contribution in [0.1, 0.15) is 16.7 Å². The van der Waals surface area contributed by atoms with Crippen molar-refractivity contribution < 1.29 is 4.74 Å². The number of hydrogen-bond donors (Lipinski definition) is 1. The Morgan fingerprint density at radius 1 is 1.31 bits per heavy atom. The Labute approximate surface area is 97.0 Å². The van der Waals surface area contributed by atoms with Crippen LogP contribution in [0.4, 0.5) is 0 Å². The van der Waals surface area contributed by atoms with E-state index >= 15 is 0 Å². The topological polar surface area (TPSA) is 45.0 Å². The van der Waals surface area contributed by atoms with Crippen molar-refractivity contribution in [2.45, 2.75) is 20.3 Å². The molecular formula is C13H18N2O. The Morgan fingerprint density at radius 3 is 2.62 bits per heavy atom. The Bertz CT molecular complexity index is 394. The average Bonchev–Trinajstić information content (AvgIpc) is 2.28. The van der Waals surface area contributed by atoms with Gasteiger partial charge in [-0.1, -0.05) is 6.07 Å². The molecule has 0 spiro atoms. The Kier molecular flexibility index (Phi) is 4.81. The predicted molar refractivity (Wildman–Crippen MR) is 64.7 cm³/mol. The Hall–Kier alpha value is -1.53. The van der Waals surface area contributed by atoms with E-state index in [2.05, 4.69) is 37.4 Å². The fraction of sp³-hybridized carbons (Fsp3) is 0.462. The van der Waals surface area contributed by atoms with Gasteiger partial charge in [-0.25, -0.2) is 0 Å². The summed E-state index contributed by atoms with van der Waals surface area (Å²) in [6.07, 6.45) is 0.881. The zero-order chi connectivity index (χ0) is 12.0. The minimum atomic E-state index is 0.396. The van der Waals surface area contributed by atoms with Gasteiger partial charge < -0.3 is 10.1 Å². The number of rotatable bonds is 5. The third-order valence-corrected chi connectivity index (χ3v) is 2.67. The van der Waals surface area contributed by atoms with Gasteiger partial charge in [0.1, 0.15) is 5.75 Å². The van der Waals surface area contributed by atoms with E-state index in [0.29, 0.717) is 6.54 Å². The molecule has 0 saturated heterocycles. The number of nitrogens with one attached hydrogen (secondary N) is 1. The van der Waals surface area contributed by atoms with E-state index in [1.54, 1.807) is 7.11 Å². The molecule has 3 nitrogen and oxygen atoms in total. The highest BCUT2D eigenvalue weighted by molar-refractivity contribution is 5.41. The molecule has 0 radical (unpaired) electrons. The first kappa shape index (κ1) is 12.5. The van der Waals surface area contributed by atoms with Crippen LogP contribution in [-0.2, 0) is 6.42 Å². The molecule has 0 amide bonds. The van der Waals surface area contributed by atoms with Crippen molar-refractivity contribution in [1.29, 1.82) is 5.26 Å². The van der Waals surface area contributed by atoms with E-state index in [9.17, 15) is 0 Å². The second kappa shape index (κ2) is 6.14. The Morgan fingerprint density at radius 2 is 2.00 bits per heavy atom. The van der Waals surface area contributed by atoms with Crippen molar-refractivity contribution in [3.05, 3.63) is 28.8 Å². The van der Waals surface area contributed by atoms with Crippen molar-refractivity contribution in [2.24, 2.45) is 0 Å². The Balaban J connectivity index is 2.71. The van der Waals surface area contributed by atoms with Crippen molar-refractivity contribution in [3.8, 4) is 11.8 Å². The molecule has 0 fully saturated rings. The number of benzene rings is 1. The largest absolute Gasteiger partial charge is 0.496 e. The quantitative estimate of drug-likeness (QED) is 0.607. The van der Waals surface area contributed by atoms with Crippen LogP contribution >= 0.6 is 0 Å². The highest BCUT2D eigenvalue weighted by Gasteiger charge is 2.05. The monoisotopic (exact) mass is 218 g/mol. The van der Waals surface area contributed by atoms with Crippen molar-refractivity contribution in [1.82, 2.24) is 5.32 Å². The molecule has 0 atom stereocenters. The van der Waals surface area contributed by atoms with E-state index < -0.39 is 0 Å². The van der Waals surface area contributed by atoms with Crippen LogP contribution in [-0.4, -0.2) is 20.2 Å². The molecule has 0 unspecified atom stereocenters. The average molecular weight is 218 g/mol. The first-order valence-electron chi connectivity index (χ1n) is 5.40. The van der Waals surface area contributed by atoms with E-state index in [0.717, 1.165) is 18.7 Å². The normalized spacial score (nSPS) is 9.88. The number of nitrogens with zero attached hydrogens (tertiary/aromatic N) is 1. The maximum Gasteiger partial charge on any atom is 0.122 e. The molecule has 3 heteroatoms. The molecule has 0 aliphatic carbocycles. The van der Waals surface area contributed by atoms with Gasteiger partial charge in [0.15, 0.2) is 0 Å². The number of ether oxygens (including phenoxy) is 1. The van der Waals surface area contributed by atoms with Gasteiger partial charge in [0.2, 0.25) is 0 Å². The second-order valence-electron chi connectivity index (χ2n) is 3.83. The minimum Gasteiger partial charge on any atom is -0.496 e. The molecule has 0 heterocycles. The summed E-state index contributed by atoms with van der Waals surface area (Å²) in [7, 11) is 1.69. The summed E-state index contributed by atoms with van der Waals surface area (Å²) < 4.78 is 5.35. The number of methoxy groups -OCH3 is 1. The fourth-order valence-electron chi connectivity index (χ4n) is 1.60. The van der Waals surface area contributed by atoms with Crippen LogP contribution in [0.15, 0.2) is 12.1 Å². The lowest BCUT2D eigenvalue weighted by Gasteiger charge is -2.11. The van der Waals surface area contributed by atoms with Crippen LogP contribution in [0.3, 0.4) is 0 Å². The third kappa shape index (κ3) is 3.25. The number of hydrogen-bond acceptors (Lipinski definition) is 3. The maximum absolute atomic E-state index is 8.41. The van der Waals surface area contributed by atoms with Gasteiger partial charge in [0.05, 0.1) is 19.7 Å². The SMILES string of the molecule is COc1cc(C)c(C)cc1CCNCC#N. The van der Waals surface area contributed by atoms with Crippen LogP contribution < -0.4 is 10.1 Å². The first-order chi connectivity index (χ1) is 7.69. The van der Waals surface area contributed by atoms with Gasteiger partial charge in [0, 0.05) is 6.54 Å². The standard InChI is InChI=1S/C13H18N2O/c1-10-8-12(4-6-15-7-5-14)13(16-3)9-11(10)2/h8-9,15H,4,6-7H2,1-3H3. The van der Waals surface area contributed by atoms with Gasteiger partial charge in [-0.3, -0.25) is 0 Å². The molecule has 1 aromatic rings. The number of aryl methyl sites for hydroxylation is 2. The molecule has 1 aromatic carbocycles. The molecule has 0 bridgehead atoms. The lowest BCUT2D eigenvalue weighted by atomic mass is 10.0. The van der Waals surface area contributed by atoms with Crippen LogP contribution in [0.5, 0.6) is 5.75 Å². The summed E-state index contributed by atoms with van der Waals surface area (Å²) in [4.78, 5) is 0. The smallest absolute Gasteiger partial charge is 0.122 e. The summed E-state index contributed by atoms with van der Waals surface area (Å²) in [5.41, 5.74) is 3.71. The van der Waals surface area contributed by atoms with E-state index in [-0.39, 0.29) is 0 Å². The molecule has 0 aliphatic rings. The second-order valence-corrected chi connectivity index (χ2v) is 3.83. The predicted octanol–water partition coefficient (Wildman–Crippen LogP) is 1.97. The molecule has 0 saturated carbocycles. The highest BCUT2D eigenvalue weighted by Crippen LogP contribution is 2.23. The van der Waals surface area contributed by atoms with Gasteiger partial charge >= 0.3 is 0 Å². The molecule has 16 heavy (non-hydrogen) atoms. The zero-order valence-electron chi connectivity index (χ0n) is 10.1. The minimum absolute atomic E-state index is 0.396. The molecule has 0 aliphatic heterocycles. The van der Waals surface area contributed by atoms with E-state index in [1.807, 2.05) is 0 Å². The summed E-state index contributed by atoms with van der Waals surface area (Å²) in [5.74, 6) is 0.932. The lowest BCUT2D eigenvalue weighted by Crippen LogP contribution is -2.17. The maximum atomic E-state index is 8.41. The van der Waals surface area contributed by atoms with Gasteiger partial charge in [0.25, 0.3) is 0 Å². The first-order valence-corrected chi connectivity index (χ1v) is 5.40. The molecule has 0 aromatic heterocycles. The van der Waals surface area contributed by atoms with Crippen LogP contribution in [0, 0.1) is 25.2 Å². The third-order valence-electron chi connectivity index (χ3n) is 2.67. The van der Waals surface area contributed by atoms with Crippen LogP contribution in [0.25, 0.3) is 0 Å². The summed E-state index contributed by atoms with van der Waals surface area (Å²) >= 11 is 0. The van der Waals surface area contributed by atoms with Gasteiger partial charge in [-0.2, -0.15) is 5.26 Å². The van der Waals surface area contributed by atoms with Crippen molar-refractivity contribution >= 4 is 0 Å². The van der Waals surface area contributed by atoms with E-state index in [1.165, 1.54) is 16.7 Å². The number of nitriles is 1. The summed E-state index contributed by atoms with van der Waals surface area (Å²) in [6, 6.07) is 6.28. The summed E-state index contributed by atoms with van der Waals surface area (Å²) in [6.45, 7) is 5.37. The summed E-state index contributed by atoms with van der Waals surface area (Å²) in [5, 5.41) is 11.5. The fourth-order valence-corrected chi connectivity index (χ4v) is 1.60. The van der Waals surface area contributed by atoms with Crippen molar-refractivity contribution in [3.63, 3.8) is 0 Å². The van der Waals surface area contributed by atoms with Gasteiger partial charge in [-0.05, 0) is 43.0 Å². The van der Waals surface area contributed by atoms with Crippen LogP contribution in [0.2, 0.25) is 0 Å². The molecular weight excluding hydrogens is 200 g/mol. The molecule has 1 rings (SSSR count).